The topological polar surface area (TPSA) is 81.7 Å². The van der Waals surface area contributed by atoms with Gasteiger partial charge in [0.1, 0.15) is 6.10 Å². The smallest absolute Gasteiger partial charge is 0.310 e. The van der Waals surface area contributed by atoms with E-state index in [-0.39, 0.29) is 35.3 Å². The minimum Gasteiger partial charge on any atom is -0.461 e. The van der Waals surface area contributed by atoms with Crippen molar-refractivity contribution in [3.05, 3.63) is 29.8 Å². The number of esters is 2. The highest BCUT2D eigenvalue weighted by atomic mass is 79.9. The maximum absolute atomic E-state index is 12.5. The molecule has 6 atom stereocenters. The second kappa shape index (κ2) is 6.68. The summed E-state index contributed by atoms with van der Waals surface area (Å²) in [7, 11) is 0. The Hall–Kier alpha value is -1.89. The molecule has 1 amide bonds. The lowest BCUT2D eigenvalue weighted by Gasteiger charge is -2.26. The van der Waals surface area contributed by atoms with Gasteiger partial charge in [-0.3, -0.25) is 14.4 Å². The van der Waals surface area contributed by atoms with Gasteiger partial charge in [-0.1, -0.05) is 35.0 Å². The number of anilines is 1. The number of rotatable bonds is 5. The van der Waals surface area contributed by atoms with Crippen LogP contribution in [0.25, 0.3) is 0 Å². The Kier molecular flexibility index (Phi) is 4.50. The van der Waals surface area contributed by atoms with Crippen LogP contribution in [0.1, 0.15) is 18.9 Å². The first-order valence-corrected chi connectivity index (χ1v) is 9.81. The predicted molar refractivity (Wildman–Crippen MR) is 96.6 cm³/mol. The zero-order chi connectivity index (χ0) is 18.4. The van der Waals surface area contributed by atoms with Gasteiger partial charge >= 0.3 is 11.9 Å². The van der Waals surface area contributed by atoms with Gasteiger partial charge in [-0.15, -0.1) is 0 Å². The molecule has 0 spiro atoms. The van der Waals surface area contributed by atoms with Crippen molar-refractivity contribution < 1.29 is 23.9 Å². The van der Waals surface area contributed by atoms with Gasteiger partial charge in [0, 0.05) is 11.6 Å². The van der Waals surface area contributed by atoms with Crippen LogP contribution in [0.5, 0.6) is 0 Å². The molecule has 26 heavy (non-hydrogen) atoms. The van der Waals surface area contributed by atoms with Crippen LogP contribution in [0.2, 0.25) is 0 Å². The average molecular weight is 422 g/mol. The normalized spacial score (nSPS) is 33.8. The molecular formula is C19H20BrNO5. The van der Waals surface area contributed by atoms with E-state index >= 15 is 0 Å². The molecular weight excluding hydrogens is 402 g/mol. The summed E-state index contributed by atoms with van der Waals surface area (Å²) in [6.45, 7) is 1.70. The van der Waals surface area contributed by atoms with Gasteiger partial charge in [0.15, 0.2) is 6.61 Å². The maximum atomic E-state index is 12.5. The van der Waals surface area contributed by atoms with Crippen molar-refractivity contribution in [2.45, 2.75) is 30.7 Å². The summed E-state index contributed by atoms with van der Waals surface area (Å²) in [5.41, 5.74) is 1.84. The van der Waals surface area contributed by atoms with Crippen LogP contribution in [-0.4, -0.2) is 35.4 Å². The van der Waals surface area contributed by atoms with Gasteiger partial charge in [0.2, 0.25) is 0 Å². The molecule has 1 N–H and O–H groups in total. The van der Waals surface area contributed by atoms with E-state index in [0.717, 1.165) is 12.8 Å². The van der Waals surface area contributed by atoms with Crippen molar-refractivity contribution in [3.8, 4) is 0 Å². The van der Waals surface area contributed by atoms with Gasteiger partial charge in [-0.05, 0) is 36.5 Å². The Labute approximate surface area is 159 Å². The minimum atomic E-state index is -0.521. The Bertz CT molecular complexity index is 749. The summed E-state index contributed by atoms with van der Waals surface area (Å²) in [5.74, 6) is -2.03. The highest BCUT2D eigenvalue weighted by Gasteiger charge is 2.68. The van der Waals surface area contributed by atoms with Crippen LogP contribution in [0.4, 0.5) is 5.69 Å². The second-order valence-electron chi connectivity index (χ2n) is 7.17. The third-order valence-corrected chi connectivity index (χ3v) is 6.99. The molecule has 3 aliphatic rings. The first kappa shape index (κ1) is 17.5. The number of carbonyl (C=O) groups excluding carboxylic acids is 3. The lowest BCUT2D eigenvalue weighted by Crippen LogP contribution is -2.39. The molecule has 1 aliphatic heterocycles. The number of alkyl halides is 1. The molecule has 0 radical (unpaired) electrons. The van der Waals surface area contributed by atoms with Gasteiger partial charge < -0.3 is 14.8 Å². The summed E-state index contributed by atoms with van der Waals surface area (Å²) in [4.78, 5) is 36.6. The fourth-order valence-corrected chi connectivity index (χ4v) is 5.59. The van der Waals surface area contributed by atoms with Gasteiger partial charge in [-0.25, -0.2) is 0 Å². The summed E-state index contributed by atoms with van der Waals surface area (Å²) >= 11 is 3.56. The van der Waals surface area contributed by atoms with E-state index in [1.807, 2.05) is 24.3 Å². The van der Waals surface area contributed by atoms with Crippen molar-refractivity contribution in [3.63, 3.8) is 0 Å². The van der Waals surface area contributed by atoms with Gasteiger partial charge in [-0.2, -0.15) is 0 Å². The van der Waals surface area contributed by atoms with Crippen LogP contribution in [0.3, 0.4) is 0 Å². The molecule has 6 nitrogen and oxygen atoms in total. The molecule has 3 fully saturated rings. The van der Waals surface area contributed by atoms with Crippen LogP contribution in [0.15, 0.2) is 24.3 Å². The van der Waals surface area contributed by atoms with E-state index in [1.54, 1.807) is 0 Å². The molecule has 1 saturated heterocycles. The number of aryl methyl sites for hydroxylation is 1. The number of hydrogen-bond donors (Lipinski definition) is 1. The number of amides is 1. The number of ether oxygens (including phenoxy) is 2. The Morgan fingerprint density at radius 1 is 1.27 bits per heavy atom. The number of halogens is 1. The zero-order valence-corrected chi connectivity index (χ0v) is 15.9. The molecule has 2 saturated carbocycles. The number of hydrogen-bond acceptors (Lipinski definition) is 5. The van der Waals surface area contributed by atoms with Crippen molar-refractivity contribution in [1.82, 2.24) is 0 Å². The summed E-state index contributed by atoms with van der Waals surface area (Å²) in [5, 5.41) is 2.71. The molecule has 0 aromatic heterocycles. The molecule has 1 aromatic rings. The zero-order valence-electron chi connectivity index (χ0n) is 14.3. The first-order valence-electron chi connectivity index (χ1n) is 8.89. The predicted octanol–water partition coefficient (Wildman–Crippen LogP) is 2.30. The van der Waals surface area contributed by atoms with E-state index in [4.69, 9.17) is 9.47 Å². The van der Waals surface area contributed by atoms with Crippen LogP contribution < -0.4 is 5.32 Å². The fourth-order valence-electron chi connectivity index (χ4n) is 4.55. The van der Waals surface area contributed by atoms with Gasteiger partial charge in [0.05, 0.1) is 16.7 Å². The molecule has 0 unspecified atom stereocenters. The second-order valence-corrected chi connectivity index (χ2v) is 8.22. The van der Waals surface area contributed by atoms with E-state index in [2.05, 4.69) is 28.2 Å². The number of carbonyl (C=O) groups is 3. The molecule has 7 heteroatoms. The lowest BCUT2D eigenvalue weighted by atomic mass is 9.80. The molecule has 4 rings (SSSR count). The van der Waals surface area contributed by atoms with E-state index in [1.165, 1.54) is 5.56 Å². The highest BCUT2D eigenvalue weighted by Crippen LogP contribution is 2.60. The number of fused-ring (bicyclic) bond motifs is 1. The lowest BCUT2D eigenvalue weighted by molar-refractivity contribution is -0.157. The van der Waals surface area contributed by atoms with Crippen molar-refractivity contribution >= 4 is 39.5 Å². The molecule has 2 bridgehead atoms. The average Bonchev–Trinajstić information content (AvgIpc) is 3.24. The fraction of sp³-hybridized carbons (Fsp3) is 0.526. The Morgan fingerprint density at radius 3 is 2.69 bits per heavy atom. The van der Waals surface area contributed by atoms with Crippen molar-refractivity contribution in [2.75, 3.05) is 11.9 Å². The van der Waals surface area contributed by atoms with E-state index < -0.39 is 23.7 Å². The van der Waals surface area contributed by atoms with E-state index in [0.29, 0.717) is 5.69 Å². The number of nitrogens with one attached hydrogen (secondary N) is 1. The summed E-state index contributed by atoms with van der Waals surface area (Å²) < 4.78 is 10.6. The van der Waals surface area contributed by atoms with Crippen molar-refractivity contribution in [2.24, 2.45) is 23.7 Å². The SMILES string of the molecule is CCc1ccc(NC(=O)COC(=O)[C@@H]2[C@H]3C[C@H]4[C@H](OC(=O)[C@@H]42)[C@H]3Br)cc1. The minimum absolute atomic E-state index is 0.0151. The van der Waals surface area contributed by atoms with Gasteiger partial charge in [0.25, 0.3) is 5.91 Å². The van der Waals surface area contributed by atoms with Crippen LogP contribution in [-0.2, 0) is 30.3 Å². The third-order valence-electron chi connectivity index (χ3n) is 5.79. The van der Waals surface area contributed by atoms with Crippen molar-refractivity contribution in [1.29, 1.82) is 0 Å². The largest absolute Gasteiger partial charge is 0.461 e. The first-order chi connectivity index (χ1) is 12.5. The molecule has 138 valence electrons. The summed E-state index contributed by atoms with van der Waals surface area (Å²) in [6.07, 6.45) is 1.58. The standard InChI is InChI=1S/C19H20BrNO5/c1-2-9-3-5-10(6-4-9)21-13(22)8-25-18(23)14-11-7-12-15(14)19(24)26-17(12)16(11)20/h3-6,11-12,14-17H,2,7-8H2,1H3,(H,21,22)/t11-,12-,14-,15+,16+,17+/m1/s1. The van der Waals surface area contributed by atoms with E-state index in [9.17, 15) is 14.4 Å². The Morgan fingerprint density at radius 2 is 2.00 bits per heavy atom. The summed E-state index contributed by atoms with van der Waals surface area (Å²) in [6, 6.07) is 7.52. The molecule has 2 aliphatic carbocycles. The number of benzene rings is 1. The third kappa shape index (κ3) is 2.82. The van der Waals surface area contributed by atoms with Crippen LogP contribution in [0, 0.1) is 23.7 Å². The molecule has 1 heterocycles. The quantitative estimate of drug-likeness (QED) is 0.582. The molecule has 1 aromatic carbocycles. The van der Waals surface area contributed by atoms with Crippen LogP contribution >= 0.6 is 15.9 Å². The monoisotopic (exact) mass is 421 g/mol. The maximum Gasteiger partial charge on any atom is 0.310 e. The highest BCUT2D eigenvalue weighted by molar-refractivity contribution is 9.09. The Balaban J connectivity index is 1.34.